The van der Waals surface area contributed by atoms with Crippen LogP contribution in [0.25, 0.3) is 11.4 Å². The van der Waals surface area contributed by atoms with Crippen LogP contribution in [0.15, 0.2) is 53.1 Å². The molecule has 1 aromatic heterocycles. The van der Waals surface area contributed by atoms with Gasteiger partial charge in [-0.05, 0) is 43.3 Å². The van der Waals surface area contributed by atoms with E-state index >= 15 is 0 Å². The van der Waals surface area contributed by atoms with Gasteiger partial charge in [0, 0.05) is 24.2 Å². The number of rotatable bonds is 3. The van der Waals surface area contributed by atoms with Crippen molar-refractivity contribution in [3.05, 3.63) is 65.8 Å². The fraction of sp³-hybridized carbons (Fsp3) is 0.211. The molecule has 3 aromatic rings. The molecule has 4 rings (SSSR count). The number of nitrogens with zero attached hydrogens (tertiary/aromatic N) is 3. The fourth-order valence-electron chi connectivity index (χ4n) is 2.96. The van der Waals surface area contributed by atoms with Crippen LogP contribution in [0.3, 0.4) is 0 Å². The first-order chi connectivity index (χ1) is 12.1. The number of halogens is 1. The number of hydrogen-bond donors (Lipinski definition) is 0. The van der Waals surface area contributed by atoms with Crippen molar-refractivity contribution in [2.24, 2.45) is 0 Å². The Morgan fingerprint density at radius 1 is 1.12 bits per heavy atom. The lowest BCUT2D eigenvalue weighted by atomic mass is 10.1. The maximum atomic E-state index is 13.0. The van der Waals surface area contributed by atoms with E-state index in [1.165, 1.54) is 12.1 Å². The topological polar surface area (TPSA) is 59.2 Å². The monoisotopic (exact) mass is 337 g/mol. The van der Waals surface area contributed by atoms with Crippen LogP contribution >= 0.6 is 0 Å². The summed E-state index contributed by atoms with van der Waals surface area (Å²) in [5.74, 6) is 0.409. The van der Waals surface area contributed by atoms with Crippen molar-refractivity contribution in [2.45, 2.75) is 19.3 Å². The molecule has 1 aliphatic rings. The van der Waals surface area contributed by atoms with Gasteiger partial charge in [0.05, 0.1) is 5.92 Å². The Balaban J connectivity index is 1.54. The van der Waals surface area contributed by atoms with Gasteiger partial charge in [-0.15, -0.1) is 0 Å². The Morgan fingerprint density at radius 3 is 2.56 bits per heavy atom. The van der Waals surface area contributed by atoms with Gasteiger partial charge < -0.3 is 9.42 Å². The van der Waals surface area contributed by atoms with E-state index in [4.69, 9.17) is 4.52 Å². The van der Waals surface area contributed by atoms with E-state index in [1.54, 1.807) is 17.0 Å². The molecular weight excluding hydrogens is 321 g/mol. The highest BCUT2D eigenvalue weighted by Crippen LogP contribution is 2.32. The maximum absolute atomic E-state index is 13.0. The molecule has 1 atom stereocenters. The van der Waals surface area contributed by atoms with Gasteiger partial charge in [0.2, 0.25) is 17.6 Å². The molecule has 0 spiro atoms. The summed E-state index contributed by atoms with van der Waals surface area (Å²) in [6.07, 6.45) is 0.332. The minimum Gasteiger partial charge on any atom is -0.339 e. The lowest BCUT2D eigenvalue weighted by molar-refractivity contribution is -0.117. The second-order valence-corrected chi connectivity index (χ2v) is 6.20. The predicted octanol–water partition coefficient (Wildman–Crippen LogP) is 3.70. The van der Waals surface area contributed by atoms with Gasteiger partial charge in [-0.1, -0.05) is 22.9 Å². The molecule has 1 saturated heterocycles. The third-order valence-corrected chi connectivity index (χ3v) is 4.36. The molecule has 1 unspecified atom stereocenters. The highest BCUT2D eigenvalue weighted by molar-refractivity contribution is 5.96. The lowest BCUT2D eigenvalue weighted by Crippen LogP contribution is -2.24. The van der Waals surface area contributed by atoms with E-state index in [2.05, 4.69) is 10.1 Å². The van der Waals surface area contributed by atoms with Gasteiger partial charge in [-0.25, -0.2) is 4.39 Å². The van der Waals surface area contributed by atoms with Crippen LogP contribution in [0.4, 0.5) is 10.1 Å². The average Bonchev–Trinajstić information content (AvgIpc) is 3.23. The zero-order valence-electron chi connectivity index (χ0n) is 13.6. The van der Waals surface area contributed by atoms with Crippen molar-refractivity contribution in [3.8, 4) is 11.4 Å². The zero-order chi connectivity index (χ0) is 17.4. The van der Waals surface area contributed by atoms with E-state index < -0.39 is 0 Å². The average molecular weight is 337 g/mol. The molecule has 1 amide bonds. The van der Waals surface area contributed by atoms with E-state index in [0.717, 1.165) is 11.3 Å². The molecule has 0 radical (unpaired) electrons. The van der Waals surface area contributed by atoms with Gasteiger partial charge in [-0.2, -0.15) is 4.98 Å². The first kappa shape index (κ1) is 15.5. The molecule has 6 heteroatoms. The SMILES string of the molecule is Cc1ccc(N2CC(c3nc(-c4ccc(F)cc4)no3)CC2=O)cc1. The van der Waals surface area contributed by atoms with Gasteiger partial charge >= 0.3 is 0 Å². The molecule has 0 bridgehead atoms. The number of hydrogen-bond acceptors (Lipinski definition) is 4. The summed E-state index contributed by atoms with van der Waals surface area (Å²) in [5, 5.41) is 3.96. The van der Waals surface area contributed by atoms with E-state index in [1.807, 2.05) is 31.2 Å². The van der Waals surface area contributed by atoms with Crippen molar-refractivity contribution >= 4 is 11.6 Å². The van der Waals surface area contributed by atoms with Gasteiger partial charge in [0.25, 0.3) is 0 Å². The quantitative estimate of drug-likeness (QED) is 0.731. The summed E-state index contributed by atoms with van der Waals surface area (Å²) in [7, 11) is 0. The summed E-state index contributed by atoms with van der Waals surface area (Å²) in [6.45, 7) is 2.51. The van der Waals surface area contributed by atoms with Crippen LogP contribution in [-0.2, 0) is 4.79 Å². The molecule has 0 aliphatic carbocycles. The fourth-order valence-corrected chi connectivity index (χ4v) is 2.96. The minimum atomic E-state index is -0.317. The van der Waals surface area contributed by atoms with Crippen LogP contribution in [0, 0.1) is 12.7 Å². The Bertz CT molecular complexity index is 903. The molecule has 126 valence electrons. The van der Waals surface area contributed by atoms with Crippen molar-refractivity contribution in [2.75, 3.05) is 11.4 Å². The molecule has 2 heterocycles. The van der Waals surface area contributed by atoms with Crippen LogP contribution < -0.4 is 4.90 Å². The predicted molar refractivity (Wildman–Crippen MR) is 90.6 cm³/mol. The van der Waals surface area contributed by atoms with E-state index in [0.29, 0.717) is 30.2 Å². The van der Waals surface area contributed by atoms with Gasteiger partial charge in [0.1, 0.15) is 5.82 Å². The minimum absolute atomic E-state index is 0.0374. The van der Waals surface area contributed by atoms with Crippen LogP contribution in [-0.4, -0.2) is 22.6 Å². The normalized spacial score (nSPS) is 17.3. The van der Waals surface area contributed by atoms with Crippen LogP contribution in [0.1, 0.15) is 23.8 Å². The highest BCUT2D eigenvalue weighted by Gasteiger charge is 2.35. The van der Waals surface area contributed by atoms with Crippen molar-refractivity contribution in [1.82, 2.24) is 10.1 Å². The highest BCUT2D eigenvalue weighted by atomic mass is 19.1. The Labute approximate surface area is 144 Å². The molecule has 5 nitrogen and oxygen atoms in total. The second-order valence-electron chi connectivity index (χ2n) is 6.20. The largest absolute Gasteiger partial charge is 0.339 e. The first-order valence-electron chi connectivity index (χ1n) is 8.07. The molecular formula is C19H16FN3O2. The third-order valence-electron chi connectivity index (χ3n) is 4.36. The van der Waals surface area contributed by atoms with E-state index in [9.17, 15) is 9.18 Å². The number of aromatic nitrogens is 2. The second kappa shape index (κ2) is 6.12. The van der Waals surface area contributed by atoms with Crippen molar-refractivity contribution < 1.29 is 13.7 Å². The number of carbonyl (C=O) groups excluding carboxylic acids is 1. The summed E-state index contributed by atoms with van der Waals surface area (Å²) < 4.78 is 18.4. The van der Waals surface area contributed by atoms with Crippen molar-refractivity contribution in [1.29, 1.82) is 0 Å². The first-order valence-corrected chi connectivity index (χ1v) is 8.07. The zero-order valence-corrected chi connectivity index (χ0v) is 13.6. The van der Waals surface area contributed by atoms with Gasteiger partial charge in [-0.3, -0.25) is 4.79 Å². The van der Waals surface area contributed by atoms with Crippen LogP contribution in [0.5, 0.6) is 0 Å². The summed E-state index contributed by atoms with van der Waals surface area (Å²) in [4.78, 5) is 18.5. The number of anilines is 1. The number of amides is 1. The van der Waals surface area contributed by atoms with E-state index in [-0.39, 0.29) is 17.6 Å². The smallest absolute Gasteiger partial charge is 0.232 e. The Kier molecular flexibility index (Phi) is 3.80. The third kappa shape index (κ3) is 3.03. The molecule has 1 fully saturated rings. The molecule has 25 heavy (non-hydrogen) atoms. The van der Waals surface area contributed by atoms with Gasteiger partial charge in [0.15, 0.2) is 0 Å². The summed E-state index contributed by atoms with van der Waals surface area (Å²) in [5.41, 5.74) is 2.69. The molecule has 0 saturated carbocycles. The van der Waals surface area contributed by atoms with Crippen LogP contribution in [0.2, 0.25) is 0 Å². The maximum Gasteiger partial charge on any atom is 0.232 e. The summed E-state index contributed by atoms with van der Waals surface area (Å²) >= 11 is 0. The molecule has 1 aliphatic heterocycles. The number of benzene rings is 2. The standard InChI is InChI=1S/C19H16FN3O2/c1-12-2-8-16(9-3-12)23-11-14(10-17(23)24)19-21-18(22-25-19)13-4-6-15(20)7-5-13/h2-9,14H,10-11H2,1H3. The molecule has 2 aromatic carbocycles. The van der Waals surface area contributed by atoms with Crippen molar-refractivity contribution in [3.63, 3.8) is 0 Å². The number of aryl methyl sites for hydroxylation is 1. The lowest BCUT2D eigenvalue weighted by Gasteiger charge is -2.16. The Morgan fingerprint density at radius 2 is 1.84 bits per heavy atom. The molecule has 0 N–H and O–H groups in total. The Hall–Kier alpha value is -3.02. The summed E-state index contributed by atoms with van der Waals surface area (Å²) in [6, 6.07) is 13.7. The number of carbonyl (C=O) groups is 1.